The van der Waals surface area contributed by atoms with Crippen molar-refractivity contribution in [2.45, 2.75) is 12.7 Å². The Morgan fingerprint density at radius 3 is 2.60 bits per heavy atom. The smallest absolute Gasteiger partial charge is 0.348 e. The molecule has 25 heavy (non-hydrogen) atoms. The zero-order valence-electron chi connectivity index (χ0n) is 12.4. The van der Waals surface area contributed by atoms with Crippen LogP contribution in [0.1, 0.15) is 21.6 Å². The molecule has 0 atom stereocenters. The van der Waals surface area contributed by atoms with Crippen molar-refractivity contribution in [3.8, 4) is 5.13 Å². The number of thiazole rings is 1. The quantitative estimate of drug-likeness (QED) is 0.739. The number of halogens is 4. The highest BCUT2D eigenvalue weighted by molar-refractivity contribution is 7.12. The highest BCUT2D eigenvalue weighted by Crippen LogP contribution is 2.31. The van der Waals surface area contributed by atoms with Crippen molar-refractivity contribution in [3.05, 3.63) is 63.9 Å². The summed E-state index contributed by atoms with van der Waals surface area (Å²) in [6.07, 6.45) is -2.29. The Hall–Kier alpha value is -2.39. The average Bonchev–Trinajstić information content (AvgIpc) is 3.22. The third kappa shape index (κ3) is 3.99. The fourth-order valence-electron chi connectivity index (χ4n) is 2.06. The summed E-state index contributed by atoms with van der Waals surface area (Å²) in [5.41, 5.74) is -1.11. The van der Waals surface area contributed by atoms with Gasteiger partial charge in [-0.15, -0.1) is 11.3 Å². The highest BCUT2D eigenvalue weighted by Gasteiger charge is 2.39. The summed E-state index contributed by atoms with van der Waals surface area (Å²) in [5.74, 6) is -0.870. The lowest BCUT2D eigenvalue weighted by Gasteiger charge is -2.07. The molecule has 0 aliphatic carbocycles. The van der Waals surface area contributed by atoms with Gasteiger partial charge in [0.15, 0.2) is 5.69 Å². The third-order valence-electron chi connectivity index (χ3n) is 3.21. The molecule has 0 radical (unpaired) electrons. The summed E-state index contributed by atoms with van der Waals surface area (Å²) in [4.78, 5) is 16.1. The van der Waals surface area contributed by atoms with Crippen LogP contribution in [0.2, 0.25) is 5.02 Å². The van der Waals surface area contributed by atoms with E-state index in [0.717, 1.165) is 22.2 Å². The lowest BCUT2D eigenvalue weighted by Crippen LogP contribution is -2.25. The summed E-state index contributed by atoms with van der Waals surface area (Å²) in [5, 5.41) is 8.29. The van der Waals surface area contributed by atoms with Crippen LogP contribution in [-0.2, 0) is 12.7 Å². The molecule has 3 rings (SSSR count). The van der Waals surface area contributed by atoms with E-state index >= 15 is 0 Å². The van der Waals surface area contributed by atoms with Crippen LogP contribution in [0.5, 0.6) is 0 Å². The average molecular weight is 387 g/mol. The second kappa shape index (κ2) is 6.85. The summed E-state index contributed by atoms with van der Waals surface area (Å²) in [6, 6.07) is 6.61. The van der Waals surface area contributed by atoms with Gasteiger partial charge in [0.1, 0.15) is 0 Å². The molecule has 0 saturated carbocycles. The Morgan fingerprint density at radius 1 is 1.28 bits per heavy atom. The summed E-state index contributed by atoms with van der Waals surface area (Å²) < 4.78 is 40.5. The molecule has 0 aliphatic rings. The van der Waals surface area contributed by atoms with E-state index in [-0.39, 0.29) is 11.7 Å². The van der Waals surface area contributed by atoms with Crippen molar-refractivity contribution in [1.29, 1.82) is 0 Å². The summed E-state index contributed by atoms with van der Waals surface area (Å²) >= 11 is 6.87. The van der Waals surface area contributed by atoms with Crippen LogP contribution < -0.4 is 5.32 Å². The molecule has 10 heteroatoms. The molecular formula is C15H10ClF3N4OS. The van der Waals surface area contributed by atoms with E-state index in [9.17, 15) is 18.0 Å². The van der Waals surface area contributed by atoms with E-state index in [1.807, 2.05) is 0 Å². The van der Waals surface area contributed by atoms with Crippen LogP contribution in [0.4, 0.5) is 13.2 Å². The van der Waals surface area contributed by atoms with Crippen molar-refractivity contribution in [2.24, 2.45) is 0 Å². The number of carbonyl (C=O) groups excluding carboxylic acids is 1. The summed E-state index contributed by atoms with van der Waals surface area (Å²) in [6.45, 7) is 0.0652. The van der Waals surface area contributed by atoms with Crippen LogP contribution in [-0.4, -0.2) is 20.7 Å². The maximum Gasteiger partial charge on any atom is 0.435 e. The Bertz CT molecular complexity index is 875. The lowest BCUT2D eigenvalue weighted by atomic mass is 10.2. The number of hydrogen-bond donors (Lipinski definition) is 1. The van der Waals surface area contributed by atoms with Crippen LogP contribution >= 0.6 is 22.9 Å². The molecule has 5 nitrogen and oxygen atoms in total. The molecule has 1 aromatic carbocycles. The van der Waals surface area contributed by atoms with E-state index < -0.39 is 23.3 Å². The predicted octanol–water partition coefficient (Wildman–Crippen LogP) is 3.93. The van der Waals surface area contributed by atoms with Gasteiger partial charge >= 0.3 is 6.18 Å². The Labute approximate surface area is 149 Å². The Kier molecular flexibility index (Phi) is 4.78. The second-order valence-electron chi connectivity index (χ2n) is 4.96. The van der Waals surface area contributed by atoms with Crippen molar-refractivity contribution < 1.29 is 18.0 Å². The van der Waals surface area contributed by atoms with Gasteiger partial charge in [-0.25, -0.2) is 9.67 Å². The molecule has 130 valence electrons. The lowest BCUT2D eigenvalue weighted by molar-refractivity contribution is -0.141. The molecule has 0 fully saturated rings. The van der Waals surface area contributed by atoms with E-state index in [1.54, 1.807) is 29.6 Å². The zero-order valence-corrected chi connectivity index (χ0v) is 14.0. The zero-order chi connectivity index (χ0) is 18.0. The van der Waals surface area contributed by atoms with Gasteiger partial charge < -0.3 is 5.32 Å². The van der Waals surface area contributed by atoms with Gasteiger partial charge in [-0.05, 0) is 17.7 Å². The molecule has 0 spiro atoms. The number of rotatable bonds is 4. The number of alkyl halides is 3. The van der Waals surface area contributed by atoms with Crippen LogP contribution in [0, 0.1) is 0 Å². The number of amides is 1. The normalized spacial score (nSPS) is 11.5. The van der Waals surface area contributed by atoms with Gasteiger partial charge in [0, 0.05) is 29.3 Å². The molecule has 1 N–H and O–H groups in total. The van der Waals surface area contributed by atoms with E-state index in [0.29, 0.717) is 10.6 Å². The van der Waals surface area contributed by atoms with E-state index in [2.05, 4.69) is 15.4 Å². The first-order valence-electron chi connectivity index (χ1n) is 6.94. The van der Waals surface area contributed by atoms with Crippen LogP contribution in [0.3, 0.4) is 0 Å². The first-order valence-corrected chi connectivity index (χ1v) is 8.20. The standard InChI is InChI=1S/C15H10ClF3N4OS/c16-10-3-1-9(2-4-10)7-21-13(24)11-8-23(14-20-5-6-25-14)22-12(11)15(17,18)19/h1-6,8H,7H2,(H,21,24). The number of carbonyl (C=O) groups is 1. The minimum atomic E-state index is -4.75. The number of nitrogens with zero attached hydrogens (tertiary/aromatic N) is 3. The highest BCUT2D eigenvalue weighted by atomic mass is 35.5. The SMILES string of the molecule is O=C(NCc1ccc(Cl)cc1)c1cn(-c2nccs2)nc1C(F)(F)F. The number of benzene rings is 1. The molecule has 0 saturated heterocycles. The van der Waals surface area contributed by atoms with Crippen LogP contribution in [0.15, 0.2) is 42.0 Å². The van der Waals surface area contributed by atoms with Crippen LogP contribution in [0.25, 0.3) is 5.13 Å². The van der Waals surface area contributed by atoms with Gasteiger partial charge in [0.25, 0.3) is 5.91 Å². The van der Waals surface area contributed by atoms with Gasteiger partial charge in [-0.3, -0.25) is 4.79 Å². The van der Waals surface area contributed by atoms with Crippen molar-refractivity contribution in [2.75, 3.05) is 0 Å². The Balaban J connectivity index is 1.84. The monoisotopic (exact) mass is 386 g/mol. The molecule has 2 aromatic heterocycles. The molecule has 2 heterocycles. The van der Waals surface area contributed by atoms with E-state index in [1.165, 1.54) is 6.20 Å². The third-order valence-corrected chi connectivity index (χ3v) is 4.22. The first kappa shape index (κ1) is 17.4. The number of hydrogen-bond acceptors (Lipinski definition) is 4. The maximum absolute atomic E-state index is 13.2. The predicted molar refractivity (Wildman–Crippen MR) is 86.9 cm³/mol. The fourth-order valence-corrected chi connectivity index (χ4v) is 2.75. The molecule has 0 aliphatic heterocycles. The van der Waals surface area contributed by atoms with Gasteiger partial charge in [-0.1, -0.05) is 23.7 Å². The molecular weight excluding hydrogens is 377 g/mol. The van der Waals surface area contributed by atoms with Gasteiger partial charge in [0.05, 0.1) is 5.56 Å². The minimum Gasteiger partial charge on any atom is -0.348 e. The summed E-state index contributed by atoms with van der Waals surface area (Å²) in [7, 11) is 0. The number of nitrogens with one attached hydrogen (secondary N) is 1. The topological polar surface area (TPSA) is 59.8 Å². The maximum atomic E-state index is 13.2. The van der Waals surface area contributed by atoms with Gasteiger partial charge in [-0.2, -0.15) is 18.3 Å². The van der Waals surface area contributed by atoms with Crippen molar-refractivity contribution in [1.82, 2.24) is 20.1 Å². The first-order chi connectivity index (χ1) is 11.8. The van der Waals surface area contributed by atoms with Gasteiger partial charge in [0.2, 0.25) is 5.13 Å². The molecule has 1 amide bonds. The van der Waals surface area contributed by atoms with Crippen molar-refractivity contribution >= 4 is 28.8 Å². The fraction of sp³-hybridized carbons (Fsp3) is 0.133. The molecule has 0 bridgehead atoms. The minimum absolute atomic E-state index is 0.0652. The largest absolute Gasteiger partial charge is 0.435 e. The molecule has 3 aromatic rings. The second-order valence-corrected chi connectivity index (χ2v) is 6.27. The Morgan fingerprint density at radius 2 is 2.00 bits per heavy atom. The number of aromatic nitrogens is 3. The molecule has 0 unspecified atom stereocenters. The van der Waals surface area contributed by atoms with Crippen molar-refractivity contribution in [3.63, 3.8) is 0 Å². The van der Waals surface area contributed by atoms with E-state index in [4.69, 9.17) is 11.6 Å².